The van der Waals surface area contributed by atoms with Crippen molar-refractivity contribution >= 4 is 46.3 Å². The number of H-pyrrole nitrogens is 1. The molecule has 0 spiro atoms. The fourth-order valence-corrected chi connectivity index (χ4v) is 3.72. The van der Waals surface area contributed by atoms with Crippen LogP contribution in [0.25, 0.3) is 21.6 Å². The Morgan fingerprint density at radius 2 is 1.97 bits per heavy atom. The van der Waals surface area contributed by atoms with Crippen molar-refractivity contribution in [1.29, 1.82) is 0 Å². The zero-order chi connectivity index (χ0) is 20.2. The lowest BCUT2D eigenvalue weighted by atomic mass is 10.2. The summed E-state index contributed by atoms with van der Waals surface area (Å²) < 4.78 is 2.19. The average molecular weight is 425 g/mol. The van der Waals surface area contributed by atoms with Gasteiger partial charge in [0.25, 0.3) is 5.91 Å². The predicted octanol–water partition coefficient (Wildman–Crippen LogP) is 3.07. The monoisotopic (exact) mass is 424 g/mol. The molecule has 3 N–H and O–H groups in total. The number of aromatic nitrogens is 4. The Morgan fingerprint density at radius 3 is 2.79 bits per heavy atom. The molecule has 4 aromatic rings. The highest BCUT2D eigenvalue weighted by Crippen LogP contribution is 2.22. The molecule has 10 heteroatoms. The van der Waals surface area contributed by atoms with Gasteiger partial charge in [-0.3, -0.25) is 30.1 Å². The van der Waals surface area contributed by atoms with Crippen molar-refractivity contribution in [3.63, 3.8) is 0 Å². The van der Waals surface area contributed by atoms with E-state index in [-0.39, 0.29) is 18.0 Å². The maximum atomic E-state index is 12.3. The minimum Gasteiger partial charge on any atom is -0.299 e. The fraction of sp³-hybridized carbons (Fsp3) is 0.105. The first-order valence-corrected chi connectivity index (χ1v) is 10.0. The summed E-state index contributed by atoms with van der Waals surface area (Å²) in [6.45, 7) is 0.332. The minimum absolute atomic E-state index is 0.123. The van der Waals surface area contributed by atoms with E-state index in [1.807, 2.05) is 47.8 Å². The fourth-order valence-electron chi connectivity index (χ4n) is 2.78. The second-order valence-electron chi connectivity index (χ2n) is 6.12. The van der Waals surface area contributed by atoms with E-state index in [2.05, 4.69) is 26.0 Å². The molecule has 4 rings (SSSR count). The lowest BCUT2D eigenvalue weighted by molar-refractivity contribution is -0.122. The molecule has 0 aliphatic rings. The number of nitrogens with zero attached hydrogens (tertiary/aromatic N) is 3. The van der Waals surface area contributed by atoms with Gasteiger partial charge in [0.1, 0.15) is 5.69 Å². The molecule has 3 aromatic heterocycles. The van der Waals surface area contributed by atoms with E-state index in [4.69, 9.17) is 12.2 Å². The molecule has 0 fully saturated rings. The number of aromatic amines is 1. The number of benzene rings is 1. The van der Waals surface area contributed by atoms with Crippen LogP contribution in [0.4, 0.5) is 0 Å². The summed E-state index contributed by atoms with van der Waals surface area (Å²) in [5.74, 6) is -0.148. The van der Waals surface area contributed by atoms with Crippen LogP contribution in [-0.4, -0.2) is 31.6 Å². The van der Waals surface area contributed by atoms with E-state index in [1.165, 1.54) is 11.3 Å². The van der Waals surface area contributed by atoms with Crippen LogP contribution in [0, 0.1) is 4.77 Å². The van der Waals surface area contributed by atoms with Gasteiger partial charge in [0.2, 0.25) is 5.91 Å². The van der Waals surface area contributed by atoms with Gasteiger partial charge < -0.3 is 0 Å². The maximum Gasteiger partial charge on any atom is 0.288 e. The van der Waals surface area contributed by atoms with Crippen molar-refractivity contribution in [2.75, 3.05) is 0 Å². The molecule has 0 saturated heterocycles. The molecule has 29 heavy (non-hydrogen) atoms. The number of thiophene rings is 1. The molecule has 0 radical (unpaired) electrons. The van der Waals surface area contributed by atoms with Crippen LogP contribution in [0.5, 0.6) is 0 Å². The maximum absolute atomic E-state index is 12.3. The summed E-state index contributed by atoms with van der Waals surface area (Å²) in [5.41, 5.74) is 5.74. The second kappa shape index (κ2) is 8.33. The number of nitrogens with one attached hydrogen (secondary N) is 3. The predicted molar refractivity (Wildman–Crippen MR) is 113 cm³/mol. The molecule has 3 heterocycles. The van der Waals surface area contributed by atoms with E-state index in [0.717, 1.165) is 10.3 Å². The number of hydrazine groups is 1. The number of pyridine rings is 1. The zero-order valence-corrected chi connectivity index (χ0v) is 16.7. The number of amides is 2. The Morgan fingerprint density at radius 1 is 1.10 bits per heavy atom. The number of fused-ring (bicyclic) bond motifs is 1. The topological polar surface area (TPSA) is 105 Å². The number of hydrogen-bond donors (Lipinski definition) is 3. The molecule has 0 atom stereocenters. The Balaban J connectivity index is 1.35. The number of hydrogen-bond acceptors (Lipinski definition) is 6. The minimum atomic E-state index is -0.483. The molecule has 8 nitrogen and oxygen atoms in total. The highest BCUT2D eigenvalue weighted by atomic mass is 32.1. The zero-order valence-electron chi connectivity index (χ0n) is 15.1. The number of para-hydroxylation sites is 1. The first-order chi connectivity index (χ1) is 14.1. The third-order valence-corrected chi connectivity index (χ3v) is 5.39. The smallest absolute Gasteiger partial charge is 0.288 e. The highest BCUT2D eigenvalue weighted by Gasteiger charge is 2.13. The van der Waals surface area contributed by atoms with Gasteiger partial charge in [0.05, 0.1) is 10.4 Å². The van der Waals surface area contributed by atoms with Crippen molar-refractivity contribution in [3.05, 3.63) is 64.4 Å². The van der Waals surface area contributed by atoms with Gasteiger partial charge in [-0.25, -0.2) is 4.98 Å². The van der Waals surface area contributed by atoms with Gasteiger partial charge >= 0.3 is 0 Å². The van der Waals surface area contributed by atoms with Crippen LogP contribution in [0.2, 0.25) is 0 Å². The Kier molecular flexibility index (Phi) is 5.45. The molecule has 0 saturated carbocycles. The summed E-state index contributed by atoms with van der Waals surface area (Å²) in [4.78, 5) is 29.7. The van der Waals surface area contributed by atoms with Crippen molar-refractivity contribution < 1.29 is 9.59 Å². The quantitative estimate of drug-likeness (QED) is 0.337. The van der Waals surface area contributed by atoms with E-state index in [1.54, 1.807) is 10.6 Å². The first-order valence-electron chi connectivity index (χ1n) is 8.76. The average Bonchev–Trinajstić information content (AvgIpc) is 3.39. The second-order valence-corrected chi connectivity index (χ2v) is 7.46. The largest absolute Gasteiger partial charge is 0.299 e. The molecule has 0 bridgehead atoms. The van der Waals surface area contributed by atoms with E-state index >= 15 is 0 Å². The molecular formula is C19H16N6O2S2. The van der Waals surface area contributed by atoms with Crippen LogP contribution < -0.4 is 10.9 Å². The third-order valence-electron chi connectivity index (χ3n) is 4.21. The van der Waals surface area contributed by atoms with Crippen LogP contribution in [0.15, 0.2) is 53.9 Å². The van der Waals surface area contributed by atoms with Gasteiger partial charge in [0.15, 0.2) is 10.6 Å². The van der Waals surface area contributed by atoms with Crippen molar-refractivity contribution in [1.82, 2.24) is 30.6 Å². The summed E-state index contributed by atoms with van der Waals surface area (Å²) in [6.07, 6.45) is 0.123. The first kappa shape index (κ1) is 19.0. The summed E-state index contributed by atoms with van der Waals surface area (Å²) in [6, 6.07) is 14.8. The standard InChI is InChI=1S/C19H16N6O2S2/c26-16(9-10-25-17(22-24-19(25)28)15-6-3-11-29-15)21-23-18(27)14-8-7-12-4-1-2-5-13(12)20-14/h1-8,11H,9-10H2,(H,21,26)(H,23,27)(H,24,28). The number of carbonyl (C=O) groups excluding carboxylic acids is 2. The number of carbonyl (C=O) groups is 2. The van der Waals surface area contributed by atoms with E-state index in [0.29, 0.717) is 22.7 Å². The lowest BCUT2D eigenvalue weighted by Crippen LogP contribution is -2.42. The van der Waals surface area contributed by atoms with E-state index < -0.39 is 5.91 Å². The highest BCUT2D eigenvalue weighted by molar-refractivity contribution is 7.71. The molecule has 0 unspecified atom stereocenters. The van der Waals surface area contributed by atoms with Crippen LogP contribution >= 0.6 is 23.6 Å². The molecule has 0 aliphatic carbocycles. The van der Waals surface area contributed by atoms with Crippen LogP contribution in [-0.2, 0) is 11.3 Å². The summed E-state index contributed by atoms with van der Waals surface area (Å²) in [7, 11) is 0. The molecule has 2 amide bonds. The van der Waals surface area contributed by atoms with Gasteiger partial charge in [-0.1, -0.05) is 30.3 Å². The van der Waals surface area contributed by atoms with Crippen molar-refractivity contribution in [2.24, 2.45) is 0 Å². The lowest BCUT2D eigenvalue weighted by Gasteiger charge is -2.09. The van der Waals surface area contributed by atoms with Gasteiger partial charge in [-0.05, 0) is 35.8 Å². The van der Waals surface area contributed by atoms with Crippen LogP contribution in [0.1, 0.15) is 16.9 Å². The third kappa shape index (κ3) is 4.23. The molecule has 0 aliphatic heterocycles. The van der Waals surface area contributed by atoms with Gasteiger partial charge in [-0.15, -0.1) is 11.3 Å². The van der Waals surface area contributed by atoms with Gasteiger partial charge in [-0.2, -0.15) is 5.10 Å². The summed E-state index contributed by atoms with van der Waals surface area (Å²) >= 11 is 6.78. The number of rotatable bonds is 5. The van der Waals surface area contributed by atoms with E-state index in [9.17, 15) is 9.59 Å². The summed E-state index contributed by atoms with van der Waals surface area (Å²) in [5, 5.41) is 9.85. The Hall–Kier alpha value is -3.37. The Labute approximate surface area is 174 Å². The van der Waals surface area contributed by atoms with Gasteiger partial charge in [0, 0.05) is 18.4 Å². The molecule has 146 valence electrons. The van der Waals surface area contributed by atoms with Crippen molar-refractivity contribution in [3.8, 4) is 10.7 Å². The normalized spacial score (nSPS) is 10.8. The molecule has 1 aromatic carbocycles. The van der Waals surface area contributed by atoms with Crippen LogP contribution in [0.3, 0.4) is 0 Å². The molecular weight excluding hydrogens is 408 g/mol. The Bertz CT molecular complexity index is 1230. The SMILES string of the molecule is O=C(CCn1c(-c2cccs2)n[nH]c1=S)NNC(=O)c1ccc2ccccc2n1. The van der Waals surface area contributed by atoms with Crippen molar-refractivity contribution in [2.45, 2.75) is 13.0 Å².